The van der Waals surface area contributed by atoms with Crippen LogP contribution in [0.15, 0.2) is 204 Å². The number of aryl methyl sites for hydroxylation is 2. The Morgan fingerprint density at radius 3 is 2.12 bits per heavy atom. The Labute approximate surface area is 399 Å². The summed E-state index contributed by atoms with van der Waals surface area (Å²) in [6.07, 6.45) is 2.11. The van der Waals surface area contributed by atoms with E-state index in [0.717, 1.165) is 75.4 Å². The smallest absolute Gasteiger partial charge is 0.198 e. The fraction of sp³-hybridized carbons (Fsp3) is 0.0667. The zero-order chi connectivity index (χ0) is 44.6. The Morgan fingerprint density at radius 2 is 1.33 bits per heavy atom. The number of fused-ring (bicyclic) bond motifs is 9. The number of thiophene rings is 1. The zero-order valence-corrected chi connectivity index (χ0v) is 38.8. The lowest BCUT2D eigenvalue weighted by atomic mass is 9.58. The van der Waals surface area contributed by atoms with Gasteiger partial charge in [-0.2, -0.15) is 0 Å². The Bertz CT molecular complexity index is 3680. The van der Waals surface area contributed by atoms with E-state index < -0.39 is 0 Å². The number of para-hydroxylation sites is 3. The highest BCUT2D eigenvalue weighted by atomic mass is 32.2. The summed E-state index contributed by atoms with van der Waals surface area (Å²) in [6, 6.07) is 71.1. The van der Waals surface area contributed by atoms with Gasteiger partial charge in [0.05, 0.1) is 26.7 Å². The predicted molar refractivity (Wildman–Crippen MR) is 287 cm³/mol. The summed E-state index contributed by atoms with van der Waals surface area (Å²) in [7, 11) is 0.766. The van der Waals surface area contributed by atoms with Gasteiger partial charge in [0.1, 0.15) is 16.3 Å². The molecule has 4 heterocycles. The van der Waals surface area contributed by atoms with Crippen molar-refractivity contribution in [3.8, 4) is 33.8 Å². The van der Waals surface area contributed by atoms with Gasteiger partial charge in [-0.3, -0.25) is 0 Å². The number of benzene rings is 9. The first-order chi connectivity index (χ1) is 33.1. The summed E-state index contributed by atoms with van der Waals surface area (Å²) >= 11 is 3.64. The number of H-pyrrole nitrogens is 1. The molecule has 320 valence electrons. The first kappa shape index (κ1) is 39.9. The molecule has 0 atom stereocenters. The van der Waals surface area contributed by atoms with Crippen LogP contribution in [-0.2, 0) is 6.42 Å². The second-order valence-electron chi connectivity index (χ2n) is 17.7. The van der Waals surface area contributed by atoms with Crippen molar-refractivity contribution in [2.75, 3.05) is 9.80 Å². The summed E-state index contributed by atoms with van der Waals surface area (Å²) in [5, 5.41) is 3.76. The molecule has 9 aromatic carbocycles. The molecule has 11 aromatic rings. The molecule has 0 radical (unpaired) electrons. The summed E-state index contributed by atoms with van der Waals surface area (Å²) in [5.41, 5.74) is 18.0. The molecule has 0 unspecified atom stereocenters. The van der Waals surface area contributed by atoms with Crippen molar-refractivity contribution in [1.29, 1.82) is 0 Å². The van der Waals surface area contributed by atoms with Crippen LogP contribution in [0, 0.1) is 6.92 Å². The van der Waals surface area contributed by atoms with Gasteiger partial charge in [-0.25, -0.2) is 0 Å². The molecule has 4 nitrogen and oxygen atoms in total. The highest BCUT2D eigenvalue weighted by molar-refractivity contribution is 7.99. The van der Waals surface area contributed by atoms with Crippen molar-refractivity contribution < 1.29 is 4.74 Å². The molecule has 0 aliphatic carbocycles. The summed E-state index contributed by atoms with van der Waals surface area (Å²) in [5.74, 6) is 1.80. The molecule has 1 N–H and O–H groups in total. The number of aromatic amines is 1. The monoisotopic (exact) mass is 897 g/mol. The molecule has 0 fully saturated rings. The standard InChI is InChI=1S/C60H44BN3OS2/c1-3-17-38-28-30-47(44(34-38)39-18-7-4-8-19-39)64-49-36-52-55(66-54-27-16-14-25-51(54)65-52)35-46(49)61-58-45(32-37(2)33-50(58)64)42-29-31-48(63(40-20-9-5-10-21-40)41-22-11-6-12-23-41)57-56-43-24-13-15-26-53(43)67-60(56)62-59(42)57/h4-16,18-36,61-62H,3,17H2,1-2H3. The van der Waals surface area contributed by atoms with E-state index >= 15 is 0 Å². The fourth-order valence-corrected chi connectivity index (χ4v) is 12.6. The van der Waals surface area contributed by atoms with Gasteiger partial charge in [-0.1, -0.05) is 146 Å². The topological polar surface area (TPSA) is 31.5 Å². The predicted octanol–water partition coefficient (Wildman–Crippen LogP) is 16.0. The van der Waals surface area contributed by atoms with E-state index in [1.54, 1.807) is 11.8 Å². The molecule has 0 saturated carbocycles. The zero-order valence-electron chi connectivity index (χ0n) is 37.2. The minimum absolute atomic E-state index is 0.766. The minimum atomic E-state index is 0.766. The average Bonchev–Trinajstić information content (AvgIpc) is 3.93. The number of ether oxygens (including phenoxy) is 1. The molecule has 67 heavy (non-hydrogen) atoms. The van der Waals surface area contributed by atoms with Gasteiger partial charge >= 0.3 is 0 Å². The molecule has 2 aliphatic rings. The first-order valence-corrected chi connectivity index (χ1v) is 24.8. The number of hydrogen-bond donors (Lipinski definition) is 1. The van der Waals surface area contributed by atoms with Crippen LogP contribution in [0.2, 0.25) is 0 Å². The highest BCUT2D eigenvalue weighted by Gasteiger charge is 2.33. The quantitative estimate of drug-likeness (QED) is 0.154. The average molecular weight is 898 g/mol. The third-order valence-corrected chi connectivity index (χ3v) is 15.6. The Balaban J connectivity index is 1.08. The van der Waals surface area contributed by atoms with Crippen molar-refractivity contribution >= 4 is 107 Å². The number of hydrogen-bond acceptors (Lipinski definition) is 5. The SMILES string of the molecule is CCCc1ccc(N2c3cc4c(cc3Bc3c(-c5ccc(N(c6ccccc6)c6ccccc6)c6c5[nH]c5sc7ccccc7c56)cc(C)cc32)Sc2ccccc2O4)c(-c2ccccc2)c1. The third-order valence-electron chi connectivity index (χ3n) is 13.4. The fourth-order valence-electron chi connectivity index (χ4n) is 10.5. The normalized spacial score (nSPS) is 12.6. The lowest BCUT2D eigenvalue weighted by Gasteiger charge is -2.37. The van der Waals surface area contributed by atoms with Crippen molar-refractivity contribution in [2.24, 2.45) is 0 Å². The maximum absolute atomic E-state index is 6.74. The first-order valence-electron chi connectivity index (χ1n) is 23.2. The molecule has 0 saturated heterocycles. The van der Waals surface area contributed by atoms with Crippen molar-refractivity contribution in [3.05, 3.63) is 205 Å². The summed E-state index contributed by atoms with van der Waals surface area (Å²) in [6.45, 7) is 4.51. The van der Waals surface area contributed by atoms with Crippen LogP contribution in [0.1, 0.15) is 24.5 Å². The lowest BCUT2D eigenvalue weighted by molar-refractivity contribution is 0.455. The van der Waals surface area contributed by atoms with Crippen LogP contribution in [0.4, 0.5) is 34.1 Å². The Morgan fingerprint density at radius 1 is 0.597 bits per heavy atom. The maximum Gasteiger partial charge on any atom is 0.198 e. The number of nitrogens with one attached hydrogen (secondary N) is 1. The summed E-state index contributed by atoms with van der Waals surface area (Å²) < 4.78 is 8.02. The minimum Gasteiger partial charge on any atom is -0.455 e. The van der Waals surface area contributed by atoms with Crippen LogP contribution in [0.25, 0.3) is 53.5 Å². The van der Waals surface area contributed by atoms with E-state index in [0.29, 0.717) is 0 Å². The van der Waals surface area contributed by atoms with Crippen LogP contribution in [0.3, 0.4) is 0 Å². The van der Waals surface area contributed by atoms with E-state index in [9.17, 15) is 0 Å². The van der Waals surface area contributed by atoms with Crippen molar-refractivity contribution in [2.45, 2.75) is 36.5 Å². The van der Waals surface area contributed by atoms with E-state index in [-0.39, 0.29) is 0 Å². The molecule has 0 bridgehead atoms. The second kappa shape index (κ2) is 16.2. The van der Waals surface area contributed by atoms with Gasteiger partial charge in [-0.05, 0) is 114 Å². The van der Waals surface area contributed by atoms with Gasteiger partial charge in [0.15, 0.2) is 7.28 Å². The number of nitrogens with zero attached hydrogens (tertiary/aromatic N) is 2. The number of aromatic nitrogens is 1. The van der Waals surface area contributed by atoms with Crippen LogP contribution >= 0.6 is 23.1 Å². The summed E-state index contributed by atoms with van der Waals surface area (Å²) in [4.78, 5) is 12.5. The van der Waals surface area contributed by atoms with Gasteiger partial charge in [0.25, 0.3) is 0 Å². The Kier molecular flexibility index (Phi) is 9.62. The lowest BCUT2D eigenvalue weighted by Crippen LogP contribution is -2.41. The van der Waals surface area contributed by atoms with E-state index in [4.69, 9.17) is 4.74 Å². The maximum atomic E-state index is 6.74. The van der Waals surface area contributed by atoms with Crippen molar-refractivity contribution in [1.82, 2.24) is 4.98 Å². The molecule has 0 amide bonds. The van der Waals surface area contributed by atoms with Crippen molar-refractivity contribution in [3.63, 3.8) is 0 Å². The largest absolute Gasteiger partial charge is 0.455 e. The molecular weight excluding hydrogens is 854 g/mol. The van der Waals surface area contributed by atoms with Gasteiger partial charge in [0.2, 0.25) is 0 Å². The van der Waals surface area contributed by atoms with Gasteiger partial charge in [0, 0.05) is 60.8 Å². The van der Waals surface area contributed by atoms with Gasteiger partial charge < -0.3 is 19.5 Å². The Hall–Kier alpha value is -7.45. The van der Waals surface area contributed by atoms with E-state index in [2.05, 4.69) is 223 Å². The second-order valence-corrected chi connectivity index (χ2v) is 19.8. The third kappa shape index (κ3) is 6.67. The van der Waals surface area contributed by atoms with Crippen LogP contribution in [-0.4, -0.2) is 12.3 Å². The van der Waals surface area contributed by atoms with E-state index in [1.807, 2.05) is 11.3 Å². The molecule has 7 heteroatoms. The molecule has 13 rings (SSSR count). The molecule has 2 aromatic heterocycles. The van der Waals surface area contributed by atoms with E-state index in [1.165, 1.54) is 75.7 Å². The van der Waals surface area contributed by atoms with Crippen LogP contribution < -0.4 is 25.5 Å². The van der Waals surface area contributed by atoms with Gasteiger partial charge in [-0.15, -0.1) is 11.3 Å². The number of rotatable bonds is 8. The molecule has 0 spiro atoms. The molecular formula is C60H44BN3OS2. The molecule has 2 aliphatic heterocycles. The highest BCUT2D eigenvalue weighted by Crippen LogP contribution is 2.52. The van der Waals surface area contributed by atoms with Crippen LogP contribution in [0.5, 0.6) is 11.5 Å². The number of anilines is 6.